The van der Waals surface area contributed by atoms with Crippen molar-refractivity contribution in [2.24, 2.45) is 0 Å². The second-order valence-electron chi connectivity index (χ2n) is 7.88. The molecule has 1 unspecified atom stereocenters. The largest absolute Gasteiger partial charge is 0.416 e. The van der Waals surface area contributed by atoms with Crippen molar-refractivity contribution in [2.75, 3.05) is 13.1 Å². The zero-order valence-corrected chi connectivity index (χ0v) is 17.3. The third-order valence-corrected chi connectivity index (χ3v) is 6.45. The number of likely N-dealkylation sites (tertiary alicyclic amines) is 1. The fraction of sp³-hybridized carbons (Fsp3) is 0.381. The molecule has 1 N–H and O–H groups in total. The molecule has 1 atom stereocenters. The number of thiophene rings is 1. The fourth-order valence-electron chi connectivity index (χ4n) is 3.89. The number of carbonyl (C=O) groups is 1. The van der Waals surface area contributed by atoms with E-state index in [1.54, 1.807) is 6.07 Å². The van der Waals surface area contributed by atoms with Gasteiger partial charge in [0.25, 0.3) is 5.91 Å². The molecular weight excluding hydrogens is 427 g/mol. The topological polar surface area (TPSA) is 63.1 Å². The van der Waals surface area contributed by atoms with E-state index in [1.807, 2.05) is 11.4 Å². The summed E-state index contributed by atoms with van der Waals surface area (Å²) >= 11 is 1.38. The average molecular weight is 447 g/mol. The Balaban J connectivity index is 1.44. The molecule has 6 nitrogen and oxygen atoms in total. The quantitative estimate of drug-likeness (QED) is 0.643. The van der Waals surface area contributed by atoms with Crippen LogP contribution >= 0.6 is 11.3 Å². The predicted octanol–water partition coefficient (Wildman–Crippen LogP) is 3.98. The van der Waals surface area contributed by atoms with Gasteiger partial charge in [0.05, 0.1) is 16.1 Å². The predicted molar refractivity (Wildman–Crippen MR) is 110 cm³/mol. The molecule has 3 heterocycles. The average Bonchev–Trinajstić information content (AvgIpc) is 3.14. The minimum absolute atomic E-state index is 0.0267. The van der Waals surface area contributed by atoms with Gasteiger partial charge < -0.3 is 5.32 Å². The van der Waals surface area contributed by atoms with Gasteiger partial charge in [0.1, 0.15) is 0 Å². The number of aromatic nitrogens is 3. The summed E-state index contributed by atoms with van der Waals surface area (Å²) in [7, 11) is 0. The Kier molecular flexibility index (Phi) is 5.05. The highest BCUT2D eigenvalue weighted by atomic mass is 32.1. The van der Waals surface area contributed by atoms with E-state index in [4.69, 9.17) is 0 Å². The monoisotopic (exact) mass is 447 g/mol. The van der Waals surface area contributed by atoms with Crippen LogP contribution in [0.4, 0.5) is 13.2 Å². The molecule has 2 aliphatic rings. The number of hydrogen-bond acceptors (Lipinski definition) is 5. The highest BCUT2D eigenvalue weighted by molar-refractivity contribution is 7.13. The van der Waals surface area contributed by atoms with Crippen LogP contribution < -0.4 is 5.32 Å². The number of alkyl halides is 3. The van der Waals surface area contributed by atoms with Crippen LogP contribution in [0.2, 0.25) is 0 Å². The van der Waals surface area contributed by atoms with Gasteiger partial charge in [-0.1, -0.05) is 12.1 Å². The van der Waals surface area contributed by atoms with Crippen molar-refractivity contribution < 1.29 is 18.0 Å². The standard InChI is InChI=1S/C21H20F3N5OS/c22-21(23,24)13-3-1-4-16(11-13)29-19(17-5-2-10-31-17)26-18(27-29)20(30)25-14-8-9-28(12-14)15-6-7-15/h1-5,10-11,14-15H,6-9,12H2,(H,25,30). The number of benzene rings is 1. The van der Waals surface area contributed by atoms with E-state index in [2.05, 4.69) is 20.3 Å². The number of hydrogen-bond donors (Lipinski definition) is 1. The zero-order valence-electron chi connectivity index (χ0n) is 16.5. The number of nitrogens with one attached hydrogen (secondary N) is 1. The number of nitrogens with zero attached hydrogens (tertiary/aromatic N) is 4. The van der Waals surface area contributed by atoms with Crippen molar-refractivity contribution in [3.63, 3.8) is 0 Å². The minimum Gasteiger partial charge on any atom is -0.345 e. The van der Waals surface area contributed by atoms with Crippen molar-refractivity contribution in [1.82, 2.24) is 25.0 Å². The summed E-state index contributed by atoms with van der Waals surface area (Å²) in [6.45, 7) is 1.77. The van der Waals surface area contributed by atoms with E-state index in [-0.39, 0.29) is 17.6 Å². The van der Waals surface area contributed by atoms with Gasteiger partial charge in [-0.3, -0.25) is 9.69 Å². The molecule has 31 heavy (non-hydrogen) atoms. The number of amides is 1. The van der Waals surface area contributed by atoms with E-state index in [0.717, 1.165) is 31.6 Å². The number of carbonyl (C=O) groups excluding carboxylic acids is 1. The second kappa shape index (κ2) is 7.76. The van der Waals surface area contributed by atoms with Gasteiger partial charge in [-0.15, -0.1) is 16.4 Å². The summed E-state index contributed by atoms with van der Waals surface area (Å²) in [6, 6.07) is 9.14. The van der Waals surface area contributed by atoms with Crippen LogP contribution in [-0.2, 0) is 6.18 Å². The van der Waals surface area contributed by atoms with Gasteiger partial charge in [0, 0.05) is 25.2 Å². The molecule has 3 aromatic rings. The molecule has 162 valence electrons. The van der Waals surface area contributed by atoms with Gasteiger partial charge in [0.2, 0.25) is 5.82 Å². The van der Waals surface area contributed by atoms with Crippen LogP contribution in [-0.4, -0.2) is 50.7 Å². The van der Waals surface area contributed by atoms with Gasteiger partial charge in [-0.05, 0) is 48.9 Å². The van der Waals surface area contributed by atoms with Crippen LogP contribution in [0.15, 0.2) is 41.8 Å². The molecule has 0 bridgehead atoms. The molecule has 1 aliphatic carbocycles. The maximum Gasteiger partial charge on any atom is 0.416 e. The lowest BCUT2D eigenvalue weighted by Gasteiger charge is -2.15. The lowest BCUT2D eigenvalue weighted by molar-refractivity contribution is -0.137. The van der Waals surface area contributed by atoms with Gasteiger partial charge in [0.15, 0.2) is 5.82 Å². The summed E-state index contributed by atoms with van der Waals surface area (Å²) in [6.07, 6.45) is -1.17. The molecule has 1 amide bonds. The van der Waals surface area contributed by atoms with Gasteiger partial charge in [-0.25, -0.2) is 9.67 Å². The number of rotatable bonds is 5. The lowest BCUT2D eigenvalue weighted by atomic mass is 10.2. The van der Waals surface area contributed by atoms with Crippen LogP contribution in [0.1, 0.15) is 35.4 Å². The van der Waals surface area contributed by atoms with E-state index < -0.39 is 17.6 Å². The Labute approximate surface area is 180 Å². The fourth-order valence-corrected chi connectivity index (χ4v) is 4.59. The molecular formula is C21H20F3N5OS. The Hall–Kier alpha value is -2.72. The smallest absolute Gasteiger partial charge is 0.345 e. The lowest BCUT2D eigenvalue weighted by Crippen LogP contribution is -2.38. The Morgan fingerprint density at radius 3 is 2.71 bits per heavy atom. The molecule has 2 fully saturated rings. The number of halogens is 3. The normalized spacial score (nSPS) is 19.6. The van der Waals surface area contributed by atoms with Crippen molar-refractivity contribution in [1.29, 1.82) is 0 Å². The van der Waals surface area contributed by atoms with Crippen LogP contribution in [0, 0.1) is 0 Å². The summed E-state index contributed by atoms with van der Waals surface area (Å²) in [4.78, 5) is 20.3. The first-order chi connectivity index (χ1) is 14.9. The SMILES string of the molecule is O=C(NC1CCN(C2CC2)C1)c1nc(-c2cccs2)n(-c2cccc(C(F)(F)F)c2)n1. The van der Waals surface area contributed by atoms with Gasteiger partial charge in [-0.2, -0.15) is 13.2 Å². The first kappa shape index (κ1) is 20.2. The molecule has 5 rings (SSSR count). The molecule has 1 saturated heterocycles. The first-order valence-corrected chi connectivity index (χ1v) is 11.0. The van der Waals surface area contributed by atoms with Crippen molar-refractivity contribution in [3.8, 4) is 16.4 Å². The highest BCUT2D eigenvalue weighted by Gasteiger charge is 2.35. The molecule has 10 heteroatoms. The van der Waals surface area contributed by atoms with E-state index in [1.165, 1.54) is 41.0 Å². The molecule has 0 spiro atoms. The maximum absolute atomic E-state index is 13.2. The zero-order chi connectivity index (χ0) is 21.6. The van der Waals surface area contributed by atoms with E-state index in [0.29, 0.717) is 16.7 Å². The van der Waals surface area contributed by atoms with Crippen LogP contribution in [0.3, 0.4) is 0 Å². The molecule has 0 radical (unpaired) electrons. The Morgan fingerprint density at radius 1 is 1.16 bits per heavy atom. The molecule has 1 aliphatic heterocycles. The maximum atomic E-state index is 13.2. The third kappa shape index (κ3) is 4.22. The molecule has 2 aromatic heterocycles. The summed E-state index contributed by atoms with van der Waals surface area (Å²) < 4.78 is 40.9. The summed E-state index contributed by atoms with van der Waals surface area (Å²) in [5.41, 5.74) is -0.583. The third-order valence-electron chi connectivity index (χ3n) is 5.59. The van der Waals surface area contributed by atoms with Crippen LogP contribution in [0.25, 0.3) is 16.4 Å². The van der Waals surface area contributed by atoms with Gasteiger partial charge >= 0.3 is 6.18 Å². The van der Waals surface area contributed by atoms with Crippen molar-refractivity contribution in [3.05, 3.63) is 53.2 Å². The van der Waals surface area contributed by atoms with Crippen LogP contribution in [0.5, 0.6) is 0 Å². The summed E-state index contributed by atoms with van der Waals surface area (Å²) in [5, 5.41) is 9.11. The summed E-state index contributed by atoms with van der Waals surface area (Å²) in [5.74, 6) is -0.123. The first-order valence-electron chi connectivity index (χ1n) is 10.1. The van der Waals surface area contributed by atoms with E-state index in [9.17, 15) is 18.0 Å². The highest BCUT2D eigenvalue weighted by Crippen LogP contribution is 2.32. The minimum atomic E-state index is -4.48. The Morgan fingerprint density at radius 2 is 2.00 bits per heavy atom. The van der Waals surface area contributed by atoms with Crippen molar-refractivity contribution >= 4 is 17.2 Å². The van der Waals surface area contributed by atoms with Crippen molar-refractivity contribution in [2.45, 2.75) is 37.5 Å². The second-order valence-corrected chi connectivity index (χ2v) is 8.83. The molecule has 1 aromatic carbocycles. The molecule has 1 saturated carbocycles. The Bertz CT molecular complexity index is 1090. The van der Waals surface area contributed by atoms with E-state index >= 15 is 0 Å².